The summed E-state index contributed by atoms with van der Waals surface area (Å²) < 4.78 is 13.9. The van der Waals surface area contributed by atoms with E-state index < -0.39 is 0 Å². The van der Waals surface area contributed by atoms with Crippen LogP contribution in [-0.4, -0.2) is 5.11 Å². The van der Waals surface area contributed by atoms with Crippen LogP contribution < -0.4 is 0 Å². The SMILES string of the molecule is Cc1cc(F)c(C(C)(C)C)c(CO)c1C. The number of hydrogen-bond acceptors (Lipinski definition) is 1. The Hall–Kier alpha value is -0.890. The Labute approximate surface area is 90.9 Å². The molecule has 0 bridgehead atoms. The van der Waals surface area contributed by atoms with Gasteiger partial charge < -0.3 is 5.11 Å². The first-order valence-corrected chi connectivity index (χ1v) is 5.19. The van der Waals surface area contributed by atoms with Crippen molar-refractivity contribution in [3.8, 4) is 0 Å². The van der Waals surface area contributed by atoms with Crippen LogP contribution >= 0.6 is 0 Å². The highest BCUT2D eigenvalue weighted by Crippen LogP contribution is 2.32. The number of aliphatic hydroxyl groups is 1. The van der Waals surface area contributed by atoms with Crippen molar-refractivity contribution >= 4 is 0 Å². The molecular weight excluding hydrogens is 191 g/mol. The third-order valence-corrected chi connectivity index (χ3v) is 2.84. The largest absolute Gasteiger partial charge is 0.392 e. The van der Waals surface area contributed by atoms with Crippen molar-refractivity contribution in [1.29, 1.82) is 0 Å². The van der Waals surface area contributed by atoms with Gasteiger partial charge in [0.1, 0.15) is 5.82 Å². The van der Waals surface area contributed by atoms with Crippen LogP contribution in [0.4, 0.5) is 4.39 Å². The second kappa shape index (κ2) is 3.93. The molecule has 1 nitrogen and oxygen atoms in total. The molecule has 1 aromatic rings. The number of aryl methyl sites for hydroxylation is 1. The van der Waals surface area contributed by atoms with Gasteiger partial charge >= 0.3 is 0 Å². The fourth-order valence-electron chi connectivity index (χ4n) is 1.95. The highest BCUT2D eigenvalue weighted by atomic mass is 19.1. The molecule has 84 valence electrons. The van der Waals surface area contributed by atoms with E-state index >= 15 is 0 Å². The minimum atomic E-state index is -0.277. The predicted molar refractivity (Wildman–Crippen MR) is 60.5 cm³/mol. The normalized spacial score (nSPS) is 11.9. The van der Waals surface area contributed by atoms with Gasteiger partial charge in [-0.1, -0.05) is 20.8 Å². The van der Waals surface area contributed by atoms with Crippen molar-refractivity contribution in [3.63, 3.8) is 0 Å². The molecule has 2 heteroatoms. The smallest absolute Gasteiger partial charge is 0.127 e. The van der Waals surface area contributed by atoms with Crippen LogP contribution in [0.15, 0.2) is 6.07 Å². The molecule has 0 aliphatic carbocycles. The Balaban J connectivity index is 3.57. The second-order valence-corrected chi connectivity index (χ2v) is 5.06. The molecule has 1 aromatic carbocycles. The maximum Gasteiger partial charge on any atom is 0.127 e. The molecule has 0 heterocycles. The maximum absolute atomic E-state index is 13.9. The van der Waals surface area contributed by atoms with Crippen molar-refractivity contribution in [1.82, 2.24) is 0 Å². The van der Waals surface area contributed by atoms with Crippen molar-refractivity contribution in [2.45, 2.75) is 46.6 Å². The Morgan fingerprint density at radius 2 is 1.80 bits per heavy atom. The molecule has 0 radical (unpaired) electrons. The molecule has 0 fully saturated rings. The van der Waals surface area contributed by atoms with Crippen molar-refractivity contribution < 1.29 is 9.50 Å². The van der Waals surface area contributed by atoms with E-state index in [9.17, 15) is 9.50 Å². The van der Waals surface area contributed by atoms with Gasteiger partial charge in [0.15, 0.2) is 0 Å². The zero-order chi connectivity index (χ0) is 11.8. The van der Waals surface area contributed by atoms with Gasteiger partial charge in [0.2, 0.25) is 0 Å². The molecule has 0 amide bonds. The van der Waals surface area contributed by atoms with Crippen molar-refractivity contribution in [2.75, 3.05) is 0 Å². The number of hydrogen-bond donors (Lipinski definition) is 1. The van der Waals surface area contributed by atoms with E-state index in [1.165, 1.54) is 0 Å². The van der Waals surface area contributed by atoms with Gasteiger partial charge in [0.25, 0.3) is 0 Å². The van der Waals surface area contributed by atoms with Crippen LogP contribution in [0, 0.1) is 19.7 Å². The fourth-order valence-corrected chi connectivity index (χ4v) is 1.95. The van der Waals surface area contributed by atoms with Gasteiger partial charge in [-0.2, -0.15) is 0 Å². The van der Waals surface area contributed by atoms with Gasteiger partial charge in [0.05, 0.1) is 6.61 Å². The highest BCUT2D eigenvalue weighted by Gasteiger charge is 2.24. The monoisotopic (exact) mass is 210 g/mol. The zero-order valence-electron chi connectivity index (χ0n) is 10.1. The third-order valence-electron chi connectivity index (χ3n) is 2.84. The second-order valence-electron chi connectivity index (χ2n) is 5.06. The topological polar surface area (TPSA) is 20.2 Å². The van der Waals surface area contributed by atoms with Crippen molar-refractivity contribution in [3.05, 3.63) is 34.1 Å². The summed E-state index contributed by atoms with van der Waals surface area (Å²) in [5.41, 5.74) is 2.97. The Kier molecular flexibility index (Phi) is 3.19. The third kappa shape index (κ3) is 2.20. The maximum atomic E-state index is 13.9. The van der Waals surface area contributed by atoms with Crippen LogP contribution in [0.2, 0.25) is 0 Å². The minimum Gasteiger partial charge on any atom is -0.392 e. The summed E-state index contributed by atoms with van der Waals surface area (Å²) in [5.74, 6) is -0.213. The molecule has 1 rings (SSSR count). The average Bonchev–Trinajstić information content (AvgIpc) is 2.08. The van der Waals surface area contributed by atoms with E-state index in [4.69, 9.17) is 0 Å². The standard InChI is InChI=1S/C13H19FO/c1-8-6-11(14)12(13(3,4)5)10(7-15)9(8)2/h6,15H,7H2,1-5H3. The first kappa shape index (κ1) is 12.2. The molecular formula is C13H19FO. The summed E-state index contributed by atoms with van der Waals surface area (Å²) >= 11 is 0. The van der Waals surface area contributed by atoms with Gasteiger partial charge in [-0.05, 0) is 47.6 Å². The lowest BCUT2D eigenvalue weighted by Crippen LogP contribution is -2.18. The van der Waals surface area contributed by atoms with Gasteiger partial charge in [-0.25, -0.2) is 4.39 Å². The lowest BCUT2D eigenvalue weighted by atomic mass is 9.81. The van der Waals surface area contributed by atoms with Gasteiger partial charge in [0, 0.05) is 0 Å². The molecule has 15 heavy (non-hydrogen) atoms. The van der Waals surface area contributed by atoms with Crippen LogP contribution in [0.3, 0.4) is 0 Å². The summed E-state index contributed by atoms with van der Waals surface area (Å²) in [5, 5.41) is 9.34. The molecule has 0 aromatic heterocycles. The molecule has 0 saturated heterocycles. The van der Waals surface area contributed by atoms with Crippen LogP contribution in [0.5, 0.6) is 0 Å². The van der Waals surface area contributed by atoms with E-state index in [1.54, 1.807) is 6.07 Å². The highest BCUT2D eigenvalue weighted by molar-refractivity contribution is 5.43. The predicted octanol–water partition coefficient (Wildman–Crippen LogP) is 3.23. The van der Waals surface area contributed by atoms with Crippen LogP contribution in [0.25, 0.3) is 0 Å². The average molecular weight is 210 g/mol. The minimum absolute atomic E-state index is 0.100. The lowest BCUT2D eigenvalue weighted by Gasteiger charge is -2.25. The van der Waals surface area contributed by atoms with Crippen molar-refractivity contribution in [2.24, 2.45) is 0 Å². The fraction of sp³-hybridized carbons (Fsp3) is 0.538. The molecule has 0 aliphatic heterocycles. The summed E-state index contributed by atoms with van der Waals surface area (Å²) in [6.45, 7) is 9.56. The molecule has 1 N–H and O–H groups in total. The number of halogens is 1. The van der Waals surface area contributed by atoms with Crippen LogP contribution in [-0.2, 0) is 12.0 Å². The van der Waals surface area contributed by atoms with Gasteiger partial charge in [-0.3, -0.25) is 0 Å². The Bertz CT molecular complexity index is 375. The number of rotatable bonds is 1. The van der Waals surface area contributed by atoms with E-state index in [2.05, 4.69) is 0 Å². The number of aliphatic hydroxyl groups excluding tert-OH is 1. The van der Waals surface area contributed by atoms with E-state index in [1.807, 2.05) is 34.6 Å². The Morgan fingerprint density at radius 1 is 1.27 bits per heavy atom. The number of benzene rings is 1. The summed E-state index contributed by atoms with van der Waals surface area (Å²) in [7, 11) is 0. The zero-order valence-corrected chi connectivity index (χ0v) is 10.1. The van der Waals surface area contributed by atoms with E-state index in [0.717, 1.165) is 16.7 Å². The van der Waals surface area contributed by atoms with E-state index in [0.29, 0.717) is 5.56 Å². The quantitative estimate of drug-likeness (QED) is 0.754. The first-order chi connectivity index (χ1) is 6.79. The van der Waals surface area contributed by atoms with E-state index in [-0.39, 0.29) is 17.8 Å². The summed E-state index contributed by atoms with van der Waals surface area (Å²) in [6, 6.07) is 1.55. The summed E-state index contributed by atoms with van der Waals surface area (Å²) in [6.07, 6.45) is 0. The summed E-state index contributed by atoms with van der Waals surface area (Å²) in [4.78, 5) is 0. The first-order valence-electron chi connectivity index (χ1n) is 5.19. The molecule has 0 spiro atoms. The molecule has 0 saturated carbocycles. The Morgan fingerprint density at radius 3 is 2.20 bits per heavy atom. The molecule has 0 unspecified atom stereocenters. The molecule has 0 aliphatic rings. The molecule has 0 atom stereocenters. The van der Waals surface area contributed by atoms with Gasteiger partial charge in [-0.15, -0.1) is 0 Å². The van der Waals surface area contributed by atoms with Crippen LogP contribution in [0.1, 0.15) is 43.0 Å². The lowest BCUT2D eigenvalue weighted by molar-refractivity contribution is 0.276.